The Hall–Kier alpha value is -3.96. The molecule has 214 valence electrons. The van der Waals surface area contributed by atoms with Crippen LogP contribution >= 0.6 is 11.3 Å². The van der Waals surface area contributed by atoms with Crippen molar-refractivity contribution in [3.63, 3.8) is 0 Å². The lowest BCUT2D eigenvalue weighted by molar-refractivity contribution is 0.0916. The minimum Gasteiger partial charge on any atom is -0.495 e. The van der Waals surface area contributed by atoms with Gasteiger partial charge in [-0.3, -0.25) is 9.59 Å². The molecular weight excluding hydrogens is 540 g/mol. The molecule has 1 saturated carbocycles. The quantitative estimate of drug-likeness (QED) is 0.302. The number of nitrogens with one attached hydrogen (secondary N) is 2. The van der Waals surface area contributed by atoms with E-state index in [4.69, 9.17) is 14.5 Å². The second kappa shape index (κ2) is 11.5. The highest BCUT2D eigenvalue weighted by Gasteiger charge is 2.26. The maximum Gasteiger partial charge on any atom is 0.293 e. The monoisotopic (exact) mass is 574 g/mol. The Bertz CT molecular complexity index is 1620. The van der Waals surface area contributed by atoms with Crippen LogP contribution in [-0.4, -0.2) is 65.2 Å². The lowest BCUT2D eigenvalue weighted by Gasteiger charge is -2.29. The number of hydrogen-bond donors (Lipinski definition) is 2. The molecule has 2 N–H and O–H groups in total. The number of ether oxygens (including phenoxy) is 2. The maximum atomic E-state index is 13.3. The second-order valence-electron chi connectivity index (χ2n) is 10.9. The van der Waals surface area contributed by atoms with Gasteiger partial charge in [0.2, 0.25) is 5.95 Å². The molecule has 1 aliphatic carbocycles. The van der Waals surface area contributed by atoms with Crippen LogP contribution in [0.1, 0.15) is 36.0 Å². The molecule has 0 atom stereocenters. The van der Waals surface area contributed by atoms with Gasteiger partial charge in [-0.15, -0.1) is 0 Å². The zero-order valence-corrected chi connectivity index (χ0v) is 24.3. The van der Waals surface area contributed by atoms with Gasteiger partial charge in [-0.2, -0.15) is 11.3 Å². The predicted molar refractivity (Wildman–Crippen MR) is 161 cm³/mol. The van der Waals surface area contributed by atoms with Crippen LogP contribution in [-0.2, 0) is 7.05 Å². The molecule has 6 rings (SSSR count). The van der Waals surface area contributed by atoms with Crippen molar-refractivity contribution in [2.24, 2.45) is 13.0 Å². The maximum absolute atomic E-state index is 13.3. The molecule has 1 aliphatic heterocycles. The molecule has 4 aromatic rings. The van der Waals surface area contributed by atoms with Gasteiger partial charge in [0.05, 0.1) is 36.7 Å². The first kappa shape index (κ1) is 27.2. The van der Waals surface area contributed by atoms with Crippen molar-refractivity contribution in [1.29, 1.82) is 0 Å². The Balaban J connectivity index is 1.31. The van der Waals surface area contributed by atoms with Crippen LogP contribution in [0.25, 0.3) is 22.2 Å². The van der Waals surface area contributed by atoms with Gasteiger partial charge in [0.15, 0.2) is 5.75 Å². The molecule has 1 aromatic carbocycles. The summed E-state index contributed by atoms with van der Waals surface area (Å²) in [5.74, 6) is 1.52. The first-order chi connectivity index (χ1) is 19.9. The number of piperidine rings is 1. The van der Waals surface area contributed by atoms with Gasteiger partial charge in [-0.05, 0) is 92.3 Å². The van der Waals surface area contributed by atoms with E-state index in [9.17, 15) is 9.59 Å². The summed E-state index contributed by atoms with van der Waals surface area (Å²) in [4.78, 5) is 37.9. The summed E-state index contributed by atoms with van der Waals surface area (Å²) in [6.07, 6.45) is 5.76. The molecule has 3 aromatic heterocycles. The number of anilines is 2. The van der Waals surface area contributed by atoms with Crippen LogP contribution in [0.2, 0.25) is 0 Å². The highest BCUT2D eigenvalue weighted by atomic mass is 32.1. The molecule has 2 fully saturated rings. The first-order valence-electron chi connectivity index (χ1n) is 13.9. The number of likely N-dealkylation sites (tertiary alicyclic amines) is 1. The van der Waals surface area contributed by atoms with Gasteiger partial charge in [0.25, 0.3) is 11.5 Å². The summed E-state index contributed by atoms with van der Waals surface area (Å²) < 4.78 is 13.3. The minimum atomic E-state index is -0.209. The van der Waals surface area contributed by atoms with Crippen molar-refractivity contribution in [2.75, 3.05) is 39.2 Å². The van der Waals surface area contributed by atoms with Crippen molar-refractivity contribution in [2.45, 2.75) is 31.7 Å². The summed E-state index contributed by atoms with van der Waals surface area (Å²) in [6.45, 7) is 2.46. The number of methoxy groups -OCH3 is 1. The normalized spacial score (nSPS) is 16.1. The molecular formula is C30H34N6O4S. The van der Waals surface area contributed by atoms with Crippen molar-refractivity contribution >= 4 is 39.9 Å². The van der Waals surface area contributed by atoms with Gasteiger partial charge in [0, 0.05) is 18.7 Å². The van der Waals surface area contributed by atoms with Crippen LogP contribution in [0, 0.1) is 5.92 Å². The van der Waals surface area contributed by atoms with E-state index in [1.807, 2.05) is 16.8 Å². The molecule has 10 nitrogen and oxygen atoms in total. The number of nitrogens with zero attached hydrogens (tertiary/aromatic N) is 4. The van der Waals surface area contributed by atoms with Crippen molar-refractivity contribution in [1.82, 2.24) is 24.8 Å². The second-order valence-corrected chi connectivity index (χ2v) is 11.6. The van der Waals surface area contributed by atoms with E-state index in [0.717, 1.165) is 44.3 Å². The van der Waals surface area contributed by atoms with Crippen LogP contribution in [0.3, 0.4) is 0 Å². The fourth-order valence-corrected chi connectivity index (χ4v) is 5.76. The molecule has 11 heteroatoms. The van der Waals surface area contributed by atoms with E-state index >= 15 is 0 Å². The number of carbonyl (C=O) groups excluding carboxylic acids is 1. The van der Waals surface area contributed by atoms with Crippen molar-refractivity contribution < 1.29 is 14.3 Å². The smallest absolute Gasteiger partial charge is 0.293 e. The fourth-order valence-electron chi connectivity index (χ4n) is 5.11. The molecule has 0 bridgehead atoms. The number of hydrogen-bond acceptors (Lipinski definition) is 9. The standard InChI is InChI=1S/C30H34N6O4S/c1-35-11-8-21(9-12-35)32-28(37)19-6-7-22(24(14-19)39-3)33-30-31-15-23-26(34-30)25(20-10-13-41-17-20)27(29(38)36(23)2)40-16-18-4-5-18/h6-7,10,13-15,17-18,21H,4-5,8-9,11-12,16H2,1-3H3,(H,32,37)(H,31,33,34). The highest BCUT2D eigenvalue weighted by Crippen LogP contribution is 2.37. The number of aryl methyl sites for hydroxylation is 1. The first-order valence-corrected chi connectivity index (χ1v) is 14.8. The van der Waals surface area contributed by atoms with Crippen LogP contribution < -0.4 is 25.7 Å². The van der Waals surface area contributed by atoms with Gasteiger partial charge in [0.1, 0.15) is 11.3 Å². The molecule has 41 heavy (non-hydrogen) atoms. The summed E-state index contributed by atoms with van der Waals surface area (Å²) in [6, 6.07) is 7.41. The van der Waals surface area contributed by atoms with Gasteiger partial charge >= 0.3 is 0 Å². The molecule has 2 aliphatic rings. The predicted octanol–water partition coefficient (Wildman–Crippen LogP) is 4.42. The zero-order valence-electron chi connectivity index (χ0n) is 23.5. The van der Waals surface area contributed by atoms with Crippen LogP contribution in [0.15, 0.2) is 46.0 Å². The molecule has 0 radical (unpaired) electrons. The highest BCUT2D eigenvalue weighted by molar-refractivity contribution is 7.08. The number of aromatic nitrogens is 3. The molecule has 1 amide bonds. The number of fused-ring (bicyclic) bond motifs is 1. The van der Waals surface area contributed by atoms with E-state index in [-0.39, 0.29) is 17.5 Å². The largest absolute Gasteiger partial charge is 0.495 e. The number of thiophene rings is 1. The number of benzene rings is 1. The third kappa shape index (κ3) is 5.77. The van der Waals surface area contributed by atoms with E-state index in [2.05, 4.69) is 27.6 Å². The molecule has 1 saturated heterocycles. The Kier molecular flexibility index (Phi) is 7.63. The average Bonchev–Trinajstić information content (AvgIpc) is 3.66. The summed E-state index contributed by atoms with van der Waals surface area (Å²) in [7, 11) is 5.37. The van der Waals surface area contributed by atoms with Gasteiger partial charge in [-0.25, -0.2) is 9.97 Å². The molecule has 4 heterocycles. The van der Waals surface area contributed by atoms with Gasteiger partial charge < -0.3 is 29.6 Å². The number of amides is 1. The Morgan fingerprint density at radius 1 is 1.15 bits per heavy atom. The third-order valence-corrected chi connectivity index (χ3v) is 8.51. The summed E-state index contributed by atoms with van der Waals surface area (Å²) >= 11 is 1.55. The van der Waals surface area contributed by atoms with Crippen molar-refractivity contribution in [3.05, 3.63) is 57.1 Å². The van der Waals surface area contributed by atoms with Gasteiger partial charge in [-0.1, -0.05) is 0 Å². The Labute approximate surface area is 242 Å². The van der Waals surface area contributed by atoms with E-state index in [1.54, 1.807) is 49.9 Å². The molecule has 0 unspecified atom stereocenters. The Morgan fingerprint density at radius 3 is 2.66 bits per heavy atom. The van der Waals surface area contributed by atoms with Crippen LogP contribution in [0.5, 0.6) is 11.5 Å². The molecule has 0 spiro atoms. The van der Waals surface area contributed by atoms with E-state index in [1.165, 1.54) is 4.57 Å². The van der Waals surface area contributed by atoms with E-state index < -0.39 is 0 Å². The fraction of sp³-hybridized carbons (Fsp3) is 0.400. The average molecular weight is 575 g/mol. The Morgan fingerprint density at radius 2 is 1.95 bits per heavy atom. The summed E-state index contributed by atoms with van der Waals surface area (Å²) in [5.41, 5.74) is 3.71. The van der Waals surface area contributed by atoms with Crippen molar-refractivity contribution in [3.8, 4) is 22.6 Å². The topological polar surface area (TPSA) is 111 Å². The van der Waals surface area contributed by atoms with Crippen LogP contribution in [0.4, 0.5) is 11.6 Å². The lowest BCUT2D eigenvalue weighted by Crippen LogP contribution is -2.43. The summed E-state index contributed by atoms with van der Waals surface area (Å²) in [5, 5.41) is 10.4. The zero-order chi connectivity index (χ0) is 28.5. The number of pyridine rings is 1. The number of carbonyl (C=O) groups is 1. The number of rotatable bonds is 9. The lowest BCUT2D eigenvalue weighted by atomic mass is 10.0. The third-order valence-electron chi connectivity index (χ3n) is 7.83. The van der Waals surface area contributed by atoms with E-state index in [0.29, 0.717) is 57.8 Å². The SMILES string of the molecule is COc1cc(C(=O)NC2CCN(C)CC2)ccc1Nc1ncc2c(n1)c(-c1ccsc1)c(OCC1CC1)c(=O)n2C. The minimum absolute atomic E-state index is 0.119.